The Morgan fingerprint density at radius 2 is 1.85 bits per heavy atom. The lowest BCUT2D eigenvalue weighted by atomic mass is 10.2. The minimum Gasteiger partial charge on any atom is -0.396 e. The number of nitrogens with zero attached hydrogens (tertiary/aromatic N) is 4. The Balaban J connectivity index is 1.75. The summed E-state index contributed by atoms with van der Waals surface area (Å²) in [4.78, 5) is 34.3. The summed E-state index contributed by atoms with van der Waals surface area (Å²) < 4.78 is 3.35. The molecule has 4 rings (SSSR count). The lowest BCUT2D eigenvalue weighted by Gasteiger charge is -2.16. The third-order valence-electron chi connectivity index (χ3n) is 5.78. The normalized spacial score (nSPS) is 14.9. The lowest BCUT2D eigenvalue weighted by molar-refractivity contribution is -0.113. The Bertz CT molecular complexity index is 1300. The van der Waals surface area contributed by atoms with Crippen molar-refractivity contribution in [3.05, 3.63) is 74.0 Å². The molecule has 3 heterocycles. The number of aliphatic hydroxyl groups is 1. The highest BCUT2D eigenvalue weighted by Crippen LogP contribution is 2.31. The number of carbonyl (C=O) groups is 1. The van der Waals surface area contributed by atoms with Gasteiger partial charge >= 0.3 is 0 Å². The Kier molecular flexibility index (Phi) is 7.55. The molecule has 1 amide bonds. The van der Waals surface area contributed by atoms with Gasteiger partial charge in [0.15, 0.2) is 5.17 Å². The summed E-state index contributed by atoms with van der Waals surface area (Å²) in [5.74, 6) is 0.448. The number of aliphatic imine (C=N–C) groups is 1. The second-order valence-electron chi connectivity index (χ2n) is 8.08. The zero-order chi connectivity index (χ0) is 24.2. The standard InChI is InChI=1S/C25H28N4O3S2/c1-17-12-15-33-21(17)16-20-23(31)28(25(26-20)34-14-9-5-8-13-30)22-18(2)27(3)29(24(22)32)19-10-6-4-7-11-19/h4,6-7,10-12,15-16,30H,5,8-9,13-14H2,1-3H3. The summed E-state index contributed by atoms with van der Waals surface area (Å²) in [6.07, 6.45) is 4.34. The Hall–Kier alpha value is -2.88. The molecule has 178 valence electrons. The molecule has 1 aliphatic heterocycles. The summed E-state index contributed by atoms with van der Waals surface area (Å²) in [5.41, 5.74) is 2.89. The van der Waals surface area contributed by atoms with Crippen molar-refractivity contribution in [1.82, 2.24) is 9.36 Å². The Morgan fingerprint density at radius 3 is 2.53 bits per heavy atom. The number of anilines is 1. The predicted molar refractivity (Wildman–Crippen MR) is 141 cm³/mol. The Morgan fingerprint density at radius 1 is 1.09 bits per heavy atom. The van der Waals surface area contributed by atoms with Crippen LogP contribution in [0, 0.1) is 13.8 Å². The second kappa shape index (κ2) is 10.6. The number of benzene rings is 1. The molecule has 7 nitrogen and oxygen atoms in total. The highest BCUT2D eigenvalue weighted by atomic mass is 32.2. The van der Waals surface area contributed by atoms with Gasteiger partial charge in [0.2, 0.25) is 0 Å². The number of thiophene rings is 1. The van der Waals surface area contributed by atoms with Crippen molar-refractivity contribution in [3.8, 4) is 5.69 Å². The van der Waals surface area contributed by atoms with E-state index in [1.807, 2.05) is 68.7 Å². The first-order chi connectivity index (χ1) is 16.4. The molecule has 3 aromatic rings. The van der Waals surface area contributed by atoms with Gasteiger partial charge in [-0.3, -0.25) is 14.3 Å². The maximum Gasteiger partial charge on any atom is 0.296 e. The molecular weight excluding hydrogens is 468 g/mol. The quantitative estimate of drug-likeness (QED) is 0.368. The van der Waals surface area contributed by atoms with E-state index >= 15 is 0 Å². The van der Waals surface area contributed by atoms with Crippen LogP contribution in [0.15, 0.2) is 57.3 Å². The summed E-state index contributed by atoms with van der Waals surface area (Å²) in [5, 5.41) is 11.5. The number of rotatable bonds is 8. The number of thioether (sulfide) groups is 1. The third-order valence-corrected chi connectivity index (χ3v) is 7.77. The summed E-state index contributed by atoms with van der Waals surface area (Å²) in [7, 11) is 1.82. The molecule has 0 fully saturated rings. The molecule has 34 heavy (non-hydrogen) atoms. The van der Waals surface area contributed by atoms with E-state index in [2.05, 4.69) is 4.99 Å². The zero-order valence-electron chi connectivity index (χ0n) is 19.5. The molecular formula is C25H28N4O3S2. The monoisotopic (exact) mass is 496 g/mol. The van der Waals surface area contributed by atoms with Crippen molar-refractivity contribution < 1.29 is 9.90 Å². The van der Waals surface area contributed by atoms with Crippen molar-refractivity contribution in [2.45, 2.75) is 33.1 Å². The lowest BCUT2D eigenvalue weighted by Crippen LogP contribution is -2.35. The number of amidine groups is 1. The average molecular weight is 497 g/mol. The molecule has 1 aromatic carbocycles. The SMILES string of the molecule is Cc1ccsc1C=C1N=C(SCCCCCO)N(c2c(C)n(C)n(-c3ccccc3)c2=O)C1=O. The van der Waals surface area contributed by atoms with Crippen LogP contribution in [0.1, 0.15) is 35.4 Å². The summed E-state index contributed by atoms with van der Waals surface area (Å²) in [6.45, 7) is 4.02. The minimum absolute atomic E-state index is 0.172. The van der Waals surface area contributed by atoms with Gasteiger partial charge in [-0.05, 0) is 61.9 Å². The van der Waals surface area contributed by atoms with Crippen LogP contribution >= 0.6 is 23.1 Å². The molecule has 0 radical (unpaired) electrons. The van der Waals surface area contributed by atoms with Gasteiger partial charge in [0, 0.05) is 24.3 Å². The first-order valence-electron chi connectivity index (χ1n) is 11.2. The first kappa shape index (κ1) is 24.3. The van der Waals surface area contributed by atoms with Gasteiger partial charge in [0.1, 0.15) is 11.4 Å². The van der Waals surface area contributed by atoms with Crippen LogP contribution < -0.4 is 10.5 Å². The van der Waals surface area contributed by atoms with Crippen molar-refractivity contribution in [2.24, 2.45) is 12.0 Å². The number of carbonyl (C=O) groups excluding carboxylic acids is 1. The maximum absolute atomic E-state index is 13.6. The van der Waals surface area contributed by atoms with E-state index in [0.717, 1.165) is 41.1 Å². The molecule has 0 saturated carbocycles. The van der Waals surface area contributed by atoms with Crippen LogP contribution in [0.4, 0.5) is 5.69 Å². The number of para-hydroxylation sites is 1. The topological polar surface area (TPSA) is 79.8 Å². The summed E-state index contributed by atoms with van der Waals surface area (Å²) >= 11 is 3.03. The molecule has 1 N–H and O–H groups in total. The number of amides is 1. The van der Waals surface area contributed by atoms with E-state index in [1.165, 1.54) is 16.7 Å². The fourth-order valence-corrected chi connectivity index (χ4v) is 5.66. The third kappa shape index (κ3) is 4.68. The molecule has 0 unspecified atom stereocenters. The van der Waals surface area contributed by atoms with Crippen molar-refractivity contribution in [1.29, 1.82) is 0 Å². The largest absolute Gasteiger partial charge is 0.396 e. The van der Waals surface area contributed by atoms with E-state index in [9.17, 15) is 9.59 Å². The van der Waals surface area contributed by atoms with Gasteiger partial charge in [0.25, 0.3) is 11.5 Å². The minimum atomic E-state index is -0.295. The number of hydrogen-bond acceptors (Lipinski definition) is 6. The van der Waals surface area contributed by atoms with Crippen molar-refractivity contribution in [2.75, 3.05) is 17.3 Å². The van der Waals surface area contributed by atoms with Crippen LogP contribution in [0.25, 0.3) is 11.8 Å². The van der Waals surface area contributed by atoms with E-state index in [0.29, 0.717) is 22.2 Å². The van der Waals surface area contributed by atoms with Gasteiger partial charge in [-0.1, -0.05) is 36.4 Å². The number of hydrogen-bond donors (Lipinski definition) is 1. The first-order valence-corrected chi connectivity index (χ1v) is 13.1. The molecule has 1 aliphatic rings. The summed E-state index contributed by atoms with van der Waals surface area (Å²) in [6, 6.07) is 11.4. The molecule has 0 aliphatic carbocycles. The van der Waals surface area contributed by atoms with Gasteiger partial charge < -0.3 is 5.11 Å². The number of aryl methyl sites for hydroxylation is 1. The van der Waals surface area contributed by atoms with E-state index in [1.54, 1.807) is 20.7 Å². The van der Waals surface area contributed by atoms with Crippen LogP contribution in [-0.2, 0) is 11.8 Å². The average Bonchev–Trinajstić information content (AvgIpc) is 3.44. The number of unbranched alkanes of at least 4 members (excludes halogenated alkanes) is 2. The predicted octanol–water partition coefficient (Wildman–Crippen LogP) is 4.49. The molecule has 0 saturated heterocycles. The van der Waals surface area contributed by atoms with Crippen molar-refractivity contribution >= 4 is 45.9 Å². The fourth-order valence-electron chi connectivity index (χ4n) is 3.81. The van der Waals surface area contributed by atoms with Crippen LogP contribution in [0.5, 0.6) is 0 Å². The van der Waals surface area contributed by atoms with E-state index < -0.39 is 0 Å². The van der Waals surface area contributed by atoms with Crippen LogP contribution in [0.2, 0.25) is 0 Å². The maximum atomic E-state index is 13.6. The highest BCUT2D eigenvalue weighted by Gasteiger charge is 2.36. The fraction of sp³-hybridized carbons (Fsp3) is 0.320. The van der Waals surface area contributed by atoms with Gasteiger partial charge in [-0.15, -0.1) is 11.3 Å². The molecule has 9 heteroatoms. The molecule has 0 spiro atoms. The van der Waals surface area contributed by atoms with Gasteiger partial charge in [-0.25, -0.2) is 14.6 Å². The molecule has 0 atom stereocenters. The van der Waals surface area contributed by atoms with Crippen LogP contribution in [0.3, 0.4) is 0 Å². The van der Waals surface area contributed by atoms with Gasteiger partial charge in [-0.2, -0.15) is 0 Å². The second-order valence-corrected chi connectivity index (χ2v) is 10.1. The molecule has 0 bridgehead atoms. The van der Waals surface area contributed by atoms with E-state index in [4.69, 9.17) is 5.11 Å². The highest BCUT2D eigenvalue weighted by molar-refractivity contribution is 8.14. The van der Waals surface area contributed by atoms with Crippen LogP contribution in [-0.4, -0.2) is 37.9 Å². The number of aliphatic hydroxyl groups excluding tert-OH is 1. The number of aromatic nitrogens is 2. The van der Waals surface area contributed by atoms with Gasteiger partial charge in [0.05, 0.1) is 11.4 Å². The van der Waals surface area contributed by atoms with E-state index in [-0.39, 0.29) is 18.1 Å². The zero-order valence-corrected chi connectivity index (χ0v) is 21.2. The Labute approximate surface area is 207 Å². The van der Waals surface area contributed by atoms with Crippen molar-refractivity contribution in [3.63, 3.8) is 0 Å². The molecule has 2 aromatic heterocycles. The smallest absolute Gasteiger partial charge is 0.296 e.